The van der Waals surface area contributed by atoms with Crippen molar-refractivity contribution in [1.82, 2.24) is 9.27 Å². The van der Waals surface area contributed by atoms with E-state index in [0.29, 0.717) is 17.6 Å². The minimum atomic E-state index is 0.0991. The molecule has 6 heteroatoms. The van der Waals surface area contributed by atoms with Crippen molar-refractivity contribution >= 4 is 22.4 Å². The van der Waals surface area contributed by atoms with Gasteiger partial charge in [0, 0.05) is 19.1 Å². The van der Waals surface area contributed by atoms with Gasteiger partial charge < -0.3 is 20.7 Å². The molecular weight excluding hydrogens is 260 g/mol. The molecule has 0 saturated heterocycles. The monoisotopic (exact) mass is 286 g/mol. The van der Waals surface area contributed by atoms with Gasteiger partial charge >= 0.3 is 0 Å². The largest absolute Gasteiger partial charge is 0.484 e. The van der Waals surface area contributed by atoms with Crippen molar-refractivity contribution in [2.75, 3.05) is 31.2 Å². The van der Waals surface area contributed by atoms with Gasteiger partial charge in [-0.15, -0.1) is 0 Å². The average Bonchev–Trinajstić information content (AvgIpc) is 2.69. The van der Waals surface area contributed by atoms with Crippen molar-refractivity contribution in [3.8, 4) is 5.75 Å². The summed E-state index contributed by atoms with van der Waals surface area (Å²) in [6.07, 6.45) is 1.26. The molecule has 1 heterocycles. The standard InChI is InChI=1S/C13H26N4OS/c1-6-10(4)17(5)8-7-15-13-11(18-9(2)3)12(14)16-19-13/h9-10,15H,6-8H2,1-5H3,(H2,14,16). The second kappa shape index (κ2) is 7.55. The first-order valence-electron chi connectivity index (χ1n) is 6.81. The SMILES string of the molecule is CCC(C)N(C)CCNc1snc(N)c1OC(C)C. The smallest absolute Gasteiger partial charge is 0.197 e. The van der Waals surface area contributed by atoms with Crippen LogP contribution in [0.1, 0.15) is 34.1 Å². The fraction of sp³-hybridized carbons (Fsp3) is 0.769. The summed E-state index contributed by atoms with van der Waals surface area (Å²) in [6, 6.07) is 0.597. The highest BCUT2D eigenvalue weighted by Crippen LogP contribution is 2.35. The van der Waals surface area contributed by atoms with Gasteiger partial charge in [-0.05, 0) is 45.8 Å². The molecule has 1 unspecified atom stereocenters. The summed E-state index contributed by atoms with van der Waals surface area (Å²) < 4.78 is 9.83. The molecule has 0 spiro atoms. The third-order valence-electron chi connectivity index (χ3n) is 3.12. The Kier molecular flexibility index (Phi) is 6.37. The van der Waals surface area contributed by atoms with E-state index in [1.807, 2.05) is 13.8 Å². The molecule has 1 atom stereocenters. The lowest BCUT2D eigenvalue weighted by atomic mass is 10.2. The molecule has 0 amide bonds. The van der Waals surface area contributed by atoms with E-state index in [2.05, 4.69) is 35.5 Å². The Morgan fingerprint density at radius 2 is 2.11 bits per heavy atom. The number of likely N-dealkylation sites (N-methyl/N-ethyl adjacent to an activating group) is 1. The minimum absolute atomic E-state index is 0.0991. The summed E-state index contributed by atoms with van der Waals surface area (Å²) in [7, 11) is 2.14. The Morgan fingerprint density at radius 1 is 1.42 bits per heavy atom. The van der Waals surface area contributed by atoms with Crippen LogP contribution in [0.2, 0.25) is 0 Å². The highest BCUT2D eigenvalue weighted by molar-refractivity contribution is 7.11. The Labute approximate surface area is 120 Å². The summed E-state index contributed by atoms with van der Waals surface area (Å²) in [6.45, 7) is 10.2. The number of anilines is 2. The van der Waals surface area contributed by atoms with Crippen LogP contribution >= 0.6 is 11.5 Å². The van der Waals surface area contributed by atoms with Gasteiger partial charge in [0.25, 0.3) is 0 Å². The number of nitrogens with zero attached hydrogens (tertiary/aromatic N) is 2. The number of aromatic nitrogens is 1. The molecular formula is C13H26N4OS. The summed E-state index contributed by atoms with van der Waals surface area (Å²) in [5.74, 6) is 1.16. The van der Waals surface area contributed by atoms with Gasteiger partial charge in [0.1, 0.15) is 0 Å². The van der Waals surface area contributed by atoms with Gasteiger partial charge in [0.2, 0.25) is 0 Å². The first kappa shape index (κ1) is 16.0. The fourth-order valence-corrected chi connectivity index (χ4v) is 2.31. The van der Waals surface area contributed by atoms with Crippen LogP contribution in [0.15, 0.2) is 0 Å². The number of nitrogen functional groups attached to an aromatic ring is 1. The molecule has 19 heavy (non-hydrogen) atoms. The molecule has 110 valence electrons. The summed E-state index contributed by atoms with van der Waals surface area (Å²) in [4.78, 5) is 2.33. The second-order valence-corrected chi connectivity index (χ2v) is 5.83. The van der Waals surface area contributed by atoms with Crippen molar-refractivity contribution < 1.29 is 4.74 Å². The predicted octanol–water partition coefficient (Wildman–Crippen LogP) is 2.65. The topological polar surface area (TPSA) is 63.4 Å². The molecule has 0 aliphatic carbocycles. The minimum Gasteiger partial charge on any atom is -0.484 e. The molecule has 1 rings (SSSR count). The molecule has 1 aromatic rings. The van der Waals surface area contributed by atoms with Crippen molar-refractivity contribution in [2.24, 2.45) is 0 Å². The van der Waals surface area contributed by atoms with Crippen LogP contribution < -0.4 is 15.8 Å². The zero-order chi connectivity index (χ0) is 14.4. The molecule has 0 aliphatic heterocycles. The van der Waals surface area contributed by atoms with E-state index in [4.69, 9.17) is 10.5 Å². The zero-order valence-electron chi connectivity index (χ0n) is 12.6. The Morgan fingerprint density at radius 3 is 2.68 bits per heavy atom. The van der Waals surface area contributed by atoms with E-state index >= 15 is 0 Å². The van der Waals surface area contributed by atoms with Crippen LogP contribution in [0.3, 0.4) is 0 Å². The van der Waals surface area contributed by atoms with Gasteiger partial charge in [-0.2, -0.15) is 4.37 Å². The number of nitrogens with two attached hydrogens (primary N) is 1. The molecule has 3 N–H and O–H groups in total. The molecule has 5 nitrogen and oxygen atoms in total. The summed E-state index contributed by atoms with van der Waals surface area (Å²) in [5, 5.41) is 4.28. The van der Waals surface area contributed by atoms with E-state index in [0.717, 1.165) is 24.5 Å². The fourth-order valence-electron chi connectivity index (χ4n) is 1.63. The Bertz CT molecular complexity index is 381. The molecule has 0 aliphatic rings. The van der Waals surface area contributed by atoms with Gasteiger partial charge in [-0.25, -0.2) is 0 Å². The maximum absolute atomic E-state index is 5.81. The molecule has 0 aromatic carbocycles. The Hall–Kier alpha value is -1.01. The van der Waals surface area contributed by atoms with Crippen LogP contribution in [-0.2, 0) is 0 Å². The van der Waals surface area contributed by atoms with Crippen LogP contribution in [0.25, 0.3) is 0 Å². The predicted molar refractivity (Wildman–Crippen MR) is 83.2 cm³/mol. The molecule has 0 saturated carbocycles. The highest BCUT2D eigenvalue weighted by Gasteiger charge is 2.14. The lowest BCUT2D eigenvalue weighted by molar-refractivity contribution is 0.245. The van der Waals surface area contributed by atoms with Gasteiger partial charge in [-0.3, -0.25) is 0 Å². The number of ether oxygens (including phenoxy) is 1. The van der Waals surface area contributed by atoms with Gasteiger partial charge in [0.05, 0.1) is 6.10 Å². The number of nitrogens with one attached hydrogen (secondary N) is 1. The van der Waals surface area contributed by atoms with Crippen LogP contribution in [-0.4, -0.2) is 41.6 Å². The lowest BCUT2D eigenvalue weighted by Crippen LogP contribution is -2.32. The summed E-state index contributed by atoms with van der Waals surface area (Å²) in [5.41, 5.74) is 5.81. The third-order valence-corrected chi connectivity index (χ3v) is 3.92. The summed E-state index contributed by atoms with van der Waals surface area (Å²) >= 11 is 1.35. The van der Waals surface area contributed by atoms with Gasteiger partial charge in [-0.1, -0.05) is 6.92 Å². The van der Waals surface area contributed by atoms with E-state index in [-0.39, 0.29) is 6.10 Å². The second-order valence-electron chi connectivity index (χ2n) is 5.06. The average molecular weight is 286 g/mol. The first-order valence-corrected chi connectivity index (χ1v) is 7.58. The van der Waals surface area contributed by atoms with Crippen LogP contribution in [0.4, 0.5) is 10.8 Å². The van der Waals surface area contributed by atoms with Gasteiger partial charge in [0.15, 0.2) is 16.6 Å². The van der Waals surface area contributed by atoms with E-state index < -0.39 is 0 Å². The number of hydrogen-bond donors (Lipinski definition) is 2. The first-order chi connectivity index (χ1) is 8.95. The maximum atomic E-state index is 5.81. The zero-order valence-corrected chi connectivity index (χ0v) is 13.4. The third kappa shape index (κ3) is 4.87. The van der Waals surface area contributed by atoms with E-state index in [1.54, 1.807) is 0 Å². The van der Waals surface area contributed by atoms with Crippen molar-refractivity contribution in [3.63, 3.8) is 0 Å². The quantitative estimate of drug-likeness (QED) is 0.769. The number of rotatable bonds is 8. The number of hydrogen-bond acceptors (Lipinski definition) is 6. The van der Waals surface area contributed by atoms with Crippen LogP contribution in [0.5, 0.6) is 5.75 Å². The van der Waals surface area contributed by atoms with Crippen molar-refractivity contribution in [2.45, 2.75) is 46.3 Å². The molecule has 1 aromatic heterocycles. The van der Waals surface area contributed by atoms with E-state index in [9.17, 15) is 0 Å². The Balaban J connectivity index is 2.49. The maximum Gasteiger partial charge on any atom is 0.197 e. The molecule has 0 fully saturated rings. The molecule has 0 bridgehead atoms. The lowest BCUT2D eigenvalue weighted by Gasteiger charge is -2.23. The molecule has 0 radical (unpaired) electrons. The van der Waals surface area contributed by atoms with Crippen molar-refractivity contribution in [1.29, 1.82) is 0 Å². The van der Waals surface area contributed by atoms with Crippen LogP contribution in [0, 0.1) is 0 Å². The normalized spacial score (nSPS) is 13.0. The van der Waals surface area contributed by atoms with E-state index in [1.165, 1.54) is 11.5 Å². The highest BCUT2D eigenvalue weighted by atomic mass is 32.1. The van der Waals surface area contributed by atoms with Crippen molar-refractivity contribution in [3.05, 3.63) is 0 Å².